The van der Waals surface area contributed by atoms with Crippen molar-refractivity contribution in [2.45, 2.75) is 37.6 Å². The summed E-state index contributed by atoms with van der Waals surface area (Å²) < 4.78 is 33.9. The summed E-state index contributed by atoms with van der Waals surface area (Å²) in [5, 5.41) is 29.3. The average Bonchev–Trinajstić information content (AvgIpc) is 2.56. The quantitative estimate of drug-likeness (QED) is 0.646. The minimum absolute atomic E-state index is 0.234. The number of rotatable bonds is 5. The minimum Gasteiger partial charge on any atom is -0.447 e. The molecule has 2 rings (SSSR count). The topological polar surface area (TPSA) is 97.6 Å². The molecule has 0 unspecified atom stereocenters. The second kappa shape index (κ2) is 8.65. The molecule has 0 saturated carbocycles. The van der Waals surface area contributed by atoms with Gasteiger partial charge < -0.3 is 34.3 Å². The molecular weight excluding hydrogens is 343 g/mol. The van der Waals surface area contributed by atoms with E-state index in [1.165, 1.54) is 24.3 Å². The van der Waals surface area contributed by atoms with Crippen molar-refractivity contribution in [1.29, 1.82) is 0 Å². The lowest BCUT2D eigenvalue weighted by Gasteiger charge is -2.41. The van der Waals surface area contributed by atoms with Gasteiger partial charge in [0, 0.05) is 18.8 Å². The van der Waals surface area contributed by atoms with Crippen LogP contribution in [0.4, 0.5) is 4.39 Å². The number of hydrogen-bond acceptors (Lipinski definition) is 8. The van der Waals surface area contributed by atoms with Gasteiger partial charge in [0.2, 0.25) is 0 Å². The normalized spacial score (nSPS) is 30.0. The lowest BCUT2D eigenvalue weighted by atomic mass is 9.99. The Balaban J connectivity index is 2.03. The molecule has 134 valence electrons. The molecule has 1 fully saturated rings. The van der Waals surface area contributed by atoms with E-state index in [0.29, 0.717) is 0 Å². The molecule has 9 heteroatoms. The molecule has 1 aliphatic heterocycles. The Morgan fingerprint density at radius 2 is 1.92 bits per heavy atom. The summed E-state index contributed by atoms with van der Waals surface area (Å²) in [6, 6.07) is 5.06. The molecule has 5 atom stereocenters. The molecule has 0 radical (unpaired) electrons. The summed E-state index contributed by atoms with van der Waals surface area (Å²) in [7, 11) is 0. The number of ether oxygens (including phenoxy) is 4. The molecule has 0 spiro atoms. The number of aliphatic hydroxyl groups is 3. The van der Waals surface area contributed by atoms with Crippen LogP contribution in [0.2, 0.25) is 0 Å². The average molecular weight is 362 g/mol. The minimum atomic E-state index is -1.35. The van der Waals surface area contributed by atoms with E-state index in [-0.39, 0.29) is 17.6 Å². The van der Waals surface area contributed by atoms with E-state index in [0.717, 1.165) is 0 Å². The molecule has 0 aromatic heterocycles. The molecule has 3 N–H and O–H groups in total. The monoisotopic (exact) mass is 362 g/mol. The maximum atomic E-state index is 12.9. The van der Waals surface area contributed by atoms with Gasteiger partial charge in [-0.15, -0.1) is 0 Å². The molecule has 0 bridgehead atoms. The zero-order chi connectivity index (χ0) is 17.7. The van der Waals surface area contributed by atoms with E-state index < -0.39 is 43.1 Å². The highest BCUT2D eigenvalue weighted by Gasteiger charge is 2.47. The maximum absolute atomic E-state index is 12.9. The highest BCUT2D eigenvalue weighted by Crippen LogP contribution is 2.25. The fraction of sp³-hybridized carbons (Fsp3) is 0.533. The SMILES string of the molecule is CCO[C@@H]1O[C@H](CO)[C@H](O)[C@H](OC(=S)Oc2ccc(F)cc2)[C@H]1O. The van der Waals surface area contributed by atoms with Crippen molar-refractivity contribution in [1.82, 2.24) is 0 Å². The van der Waals surface area contributed by atoms with Crippen molar-refractivity contribution < 1.29 is 38.7 Å². The van der Waals surface area contributed by atoms with Gasteiger partial charge in [-0.1, -0.05) is 0 Å². The van der Waals surface area contributed by atoms with E-state index in [1.54, 1.807) is 6.92 Å². The Morgan fingerprint density at radius 1 is 1.25 bits per heavy atom. The Morgan fingerprint density at radius 3 is 2.50 bits per heavy atom. The van der Waals surface area contributed by atoms with Gasteiger partial charge in [-0.05, 0) is 31.2 Å². The summed E-state index contributed by atoms with van der Waals surface area (Å²) in [6.07, 6.45) is -6.02. The van der Waals surface area contributed by atoms with Crippen molar-refractivity contribution in [3.8, 4) is 5.75 Å². The predicted octanol–water partition coefficient (Wildman–Crippen LogP) is 0.350. The van der Waals surface area contributed by atoms with Crippen LogP contribution >= 0.6 is 12.2 Å². The Kier molecular flexibility index (Phi) is 6.84. The van der Waals surface area contributed by atoms with Crippen LogP contribution in [0, 0.1) is 5.82 Å². The van der Waals surface area contributed by atoms with Crippen LogP contribution in [0.25, 0.3) is 0 Å². The highest BCUT2D eigenvalue weighted by atomic mass is 32.1. The second-order valence-electron chi connectivity index (χ2n) is 5.05. The third-order valence-corrected chi connectivity index (χ3v) is 3.58. The predicted molar refractivity (Wildman–Crippen MR) is 83.9 cm³/mol. The first-order chi connectivity index (χ1) is 11.5. The third kappa shape index (κ3) is 4.59. The van der Waals surface area contributed by atoms with Gasteiger partial charge in [0.05, 0.1) is 6.61 Å². The lowest BCUT2D eigenvalue weighted by Crippen LogP contribution is -2.60. The van der Waals surface area contributed by atoms with Crippen LogP contribution in [0.1, 0.15) is 6.92 Å². The van der Waals surface area contributed by atoms with E-state index in [1.807, 2.05) is 0 Å². The number of thiocarbonyl (C=S) groups is 1. The Bertz CT molecular complexity index is 541. The molecule has 0 aliphatic carbocycles. The second-order valence-corrected chi connectivity index (χ2v) is 5.38. The Labute approximate surface area is 143 Å². The molecule has 1 aromatic carbocycles. The number of hydrogen-bond donors (Lipinski definition) is 3. The molecular formula is C15H19FO7S. The smallest absolute Gasteiger partial charge is 0.358 e. The first-order valence-electron chi connectivity index (χ1n) is 7.34. The van der Waals surface area contributed by atoms with E-state index in [2.05, 4.69) is 0 Å². The van der Waals surface area contributed by atoms with Crippen molar-refractivity contribution in [2.75, 3.05) is 13.2 Å². The first-order valence-corrected chi connectivity index (χ1v) is 7.75. The molecule has 1 heterocycles. The van der Waals surface area contributed by atoms with Crippen LogP contribution in [0.15, 0.2) is 24.3 Å². The number of halogens is 1. The van der Waals surface area contributed by atoms with Gasteiger partial charge in [0.25, 0.3) is 0 Å². The standard InChI is InChI=1S/C15H19FO7S/c1-2-20-14-12(19)13(11(18)10(7-17)22-14)23-15(24)21-9-5-3-8(16)4-6-9/h3-6,10-14,17-19H,2,7H2,1H3/t10-,11+,12-,13+,14-/m1/s1. The zero-order valence-electron chi connectivity index (χ0n) is 12.9. The molecule has 1 saturated heterocycles. The summed E-state index contributed by atoms with van der Waals surface area (Å²) >= 11 is 4.93. The fourth-order valence-corrected chi connectivity index (χ4v) is 2.44. The van der Waals surface area contributed by atoms with Crippen molar-refractivity contribution >= 4 is 17.5 Å². The van der Waals surface area contributed by atoms with Gasteiger partial charge >= 0.3 is 5.24 Å². The zero-order valence-corrected chi connectivity index (χ0v) is 13.7. The number of aliphatic hydroxyl groups excluding tert-OH is 3. The van der Waals surface area contributed by atoms with E-state index in [9.17, 15) is 19.7 Å². The van der Waals surface area contributed by atoms with E-state index in [4.69, 9.17) is 31.2 Å². The molecule has 7 nitrogen and oxygen atoms in total. The van der Waals surface area contributed by atoms with Gasteiger partial charge in [-0.2, -0.15) is 0 Å². The maximum Gasteiger partial charge on any atom is 0.358 e. The number of benzene rings is 1. The summed E-state index contributed by atoms with van der Waals surface area (Å²) in [5.74, 6) is -0.202. The summed E-state index contributed by atoms with van der Waals surface area (Å²) in [6.45, 7) is 1.45. The molecule has 1 aliphatic rings. The Hall–Kier alpha value is -1.36. The van der Waals surface area contributed by atoms with Crippen LogP contribution < -0.4 is 4.74 Å². The van der Waals surface area contributed by atoms with Crippen LogP contribution in [0.5, 0.6) is 5.75 Å². The van der Waals surface area contributed by atoms with Crippen molar-refractivity contribution in [3.63, 3.8) is 0 Å². The summed E-state index contributed by atoms with van der Waals surface area (Å²) in [5.41, 5.74) is 0. The molecule has 24 heavy (non-hydrogen) atoms. The van der Waals surface area contributed by atoms with Gasteiger partial charge in [0.15, 0.2) is 12.4 Å². The first kappa shape index (κ1) is 19.0. The fourth-order valence-electron chi connectivity index (χ4n) is 2.23. The molecule has 1 aromatic rings. The third-order valence-electron chi connectivity index (χ3n) is 3.40. The lowest BCUT2D eigenvalue weighted by molar-refractivity contribution is -0.298. The van der Waals surface area contributed by atoms with Crippen molar-refractivity contribution in [2.24, 2.45) is 0 Å². The van der Waals surface area contributed by atoms with Crippen LogP contribution in [-0.2, 0) is 14.2 Å². The van der Waals surface area contributed by atoms with Crippen LogP contribution in [-0.4, -0.2) is 64.5 Å². The highest BCUT2D eigenvalue weighted by molar-refractivity contribution is 7.79. The largest absolute Gasteiger partial charge is 0.447 e. The van der Waals surface area contributed by atoms with Gasteiger partial charge in [-0.3, -0.25) is 0 Å². The van der Waals surface area contributed by atoms with Gasteiger partial charge in [0.1, 0.15) is 29.9 Å². The van der Waals surface area contributed by atoms with E-state index >= 15 is 0 Å². The van der Waals surface area contributed by atoms with Gasteiger partial charge in [-0.25, -0.2) is 4.39 Å². The summed E-state index contributed by atoms with van der Waals surface area (Å²) in [4.78, 5) is 0. The van der Waals surface area contributed by atoms with Crippen molar-refractivity contribution in [3.05, 3.63) is 30.1 Å². The van der Waals surface area contributed by atoms with Crippen LogP contribution in [0.3, 0.4) is 0 Å². The molecule has 0 amide bonds.